The second kappa shape index (κ2) is 16.7. The van der Waals surface area contributed by atoms with Gasteiger partial charge in [0.05, 0.1) is 6.54 Å². The lowest BCUT2D eigenvalue weighted by Crippen LogP contribution is -2.57. The van der Waals surface area contributed by atoms with Crippen LogP contribution in [0.2, 0.25) is 0 Å². The summed E-state index contributed by atoms with van der Waals surface area (Å²) in [4.78, 5) is 71.0. The number of hydrogen-bond donors (Lipinski definition) is 4. The van der Waals surface area contributed by atoms with Gasteiger partial charge in [-0.25, -0.2) is 9.97 Å². The highest BCUT2D eigenvalue weighted by atomic mass is 16.2. The smallest absolute Gasteiger partial charge is 0.245 e. The van der Waals surface area contributed by atoms with Crippen molar-refractivity contribution in [2.45, 2.75) is 82.5 Å². The zero-order valence-electron chi connectivity index (χ0n) is 29.4. The highest BCUT2D eigenvalue weighted by Crippen LogP contribution is 2.30. The van der Waals surface area contributed by atoms with E-state index < -0.39 is 29.9 Å². The Morgan fingerprint density at radius 3 is 2.29 bits per heavy atom. The van der Waals surface area contributed by atoms with E-state index in [0.717, 1.165) is 46.3 Å². The van der Waals surface area contributed by atoms with Crippen LogP contribution in [0.4, 0.5) is 0 Å². The lowest BCUT2D eigenvalue weighted by atomic mass is 9.89. The van der Waals surface area contributed by atoms with Crippen LogP contribution in [0.5, 0.6) is 0 Å². The summed E-state index contributed by atoms with van der Waals surface area (Å²) in [6.07, 6.45) is 11.9. The van der Waals surface area contributed by atoms with Crippen LogP contribution in [0, 0.1) is 0 Å². The molecule has 0 radical (unpaired) electrons. The van der Waals surface area contributed by atoms with Crippen molar-refractivity contribution < 1.29 is 19.2 Å². The van der Waals surface area contributed by atoms with Gasteiger partial charge >= 0.3 is 0 Å². The van der Waals surface area contributed by atoms with Gasteiger partial charge in [-0.15, -0.1) is 0 Å². The van der Waals surface area contributed by atoms with Crippen molar-refractivity contribution in [3.05, 3.63) is 95.7 Å². The summed E-state index contributed by atoms with van der Waals surface area (Å²) in [5, 5.41) is 9.81. The Morgan fingerprint density at radius 1 is 0.804 bits per heavy atom. The summed E-state index contributed by atoms with van der Waals surface area (Å²) in [6.45, 7) is 2.54. The third-order valence-corrected chi connectivity index (χ3v) is 10.2. The maximum atomic E-state index is 14.1. The molecule has 2 fully saturated rings. The molecule has 268 valence electrons. The summed E-state index contributed by atoms with van der Waals surface area (Å²) in [6, 6.07) is 14.5. The van der Waals surface area contributed by atoms with E-state index in [4.69, 9.17) is 9.97 Å². The van der Waals surface area contributed by atoms with Gasteiger partial charge in [-0.2, -0.15) is 0 Å². The normalized spacial score (nSPS) is 22.2. The molecule has 1 aliphatic carbocycles. The lowest BCUT2D eigenvalue weighted by Gasteiger charge is -2.30. The average Bonchev–Trinajstić information content (AvgIpc) is 3.56. The largest absolute Gasteiger partial charge is 0.361 e. The number of benzene rings is 2. The first-order chi connectivity index (χ1) is 24.7. The molecule has 6 rings (SSSR count). The van der Waals surface area contributed by atoms with E-state index in [1.807, 2.05) is 78.1 Å². The van der Waals surface area contributed by atoms with Crippen LogP contribution in [0.15, 0.2) is 73.2 Å². The van der Waals surface area contributed by atoms with Crippen molar-refractivity contribution in [1.29, 1.82) is 0 Å². The van der Waals surface area contributed by atoms with Gasteiger partial charge in [-0.1, -0.05) is 67.8 Å². The topological polar surface area (TPSA) is 152 Å². The number of H-pyrrole nitrogens is 1. The highest BCUT2D eigenvalue weighted by Gasteiger charge is 2.33. The van der Waals surface area contributed by atoms with Crippen LogP contribution in [0.3, 0.4) is 0 Å². The Hall–Kier alpha value is -5.10. The molecule has 4 aromatic rings. The Balaban J connectivity index is 1.26. The second-order valence-electron chi connectivity index (χ2n) is 13.8. The summed E-state index contributed by atoms with van der Waals surface area (Å²) in [7, 11) is 1.55. The molecule has 12 nitrogen and oxygen atoms in total. The lowest BCUT2D eigenvalue weighted by molar-refractivity contribution is -0.142. The SMILES string of the molecule is C[C@H]1C(=O)N[C@@H](Cc2ccccc2)C(=O)NCCN(Cc2cnc(C3CCCCC3)nc2)CC(=O)N[C@@H](Cc2c[nH]c3ccccc23)C(=O)N1C. The Morgan fingerprint density at radius 2 is 1.53 bits per heavy atom. The quantitative estimate of drug-likeness (QED) is 0.232. The van der Waals surface area contributed by atoms with E-state index in [1.54, 1.807) is 14.0 Å². The van der Waals surface area contributed by atoms with Gasteiger partial charge in [-0.05, 0) is 37.0 Å². The van der Waals surface area contributed by atoms with Crippen molar-refractivity contribution >= 4 is 34.5 Å². The third kappa shape index (κ3) is 9.18. The van der Waals surface area contributed by atoms with Gasteiger partial charge in [0.1, 0.15) is 23.9 Å². The predicted octanol–water partition coefficient (Wildman–Crippen LogP) is 3.24. The molecule has 1 saturated heterocycles. The third-order valence-electron chi connectivity index (χ3n) is 10.2. The fraction of sp³-hybridized carbons (Fsp3) is 0.436. The van der Waals surface area contributed by atoms with E-state index in [2.05, 4.69) is 20.9 Å². The van der Waals surface area contributed by atoms with E-state index in [0.29, 0.717) is 19.0 Å². The van der Waals surface area contributed by atoms with Crippen molar-refractivity contribution in [1.82, 2.24) is 40.7 Å². The van der Waals surface area contributed by atoms with Crippen molar-refractivity contribution in [2.24, 2.45) is 0 Å². The fourth-order valence-electron chi connectivity index (χ4n) is 7.08. The zero-order valence-corrected chi connectivity index (χ0v) is 29.4. The van der Waals surface area contributed by atoms with E-state index >= 15 is 0 Å². The number of nitrogens with zero attached hydrogens (tertiary/aromatic N) is 4. The number of para-hydroxylation sites is 1. The Kier molecular flexibility index (Phi) is 11.7. The van der Waals surface area contributed by atoms with Gasteiger partial charge < -0.3 is 25.8 Å². The molecule has 3 heterocycles. The number of amides is 4. The van der Waals surface area contributed by atoms with Crippen LogP contribution in [0.25, 0.3) is 10.9 Å². The average molecular weight is 693 g/mol. The molecular weight excluding hydrogens is 644 g/mol. The minimum absolute atomic E-state index is 0.0260. The van der Waals surface area contributed by atoms with Crippen molar-refractivity contribution in [3.63, 3.8) is 0 Å². The molecule has 0 spiro atoms. The summed E-state index contributed by atoms with van der Waals surface area (Å²) in [5.41, 5.74) is 3.53. The van der Waals surface area contributed by atoms with Gasteiger partial charge in [0.2, 0.25) is 23.6 Å². The molecule has 2 aromatic heterocycles. The van der Waals surface area contributed by atoms with Crippen LogP contribution >= 0.6 is 0 Å². The number of aromatic amines is 1. The molecule has 12 heteroatoms. The Bertz CT molecular complexity index is 1800. The first-order valence-corrected chi connectivity index (χ1v) is 18.0. The Labute approximate surface area is 298 Å². The molecule has 1 aliphatic heterocycles. The maximum absolute atomic E-state index is 14.1. The molecule has 0 unspecified atom stereocenters. The number of hydrogen-bond acceptors (Lipinski definition) is 7. The van der Waals surface area contributed by atoms with Gasteiger partial charge in [0.25, 0.3) is 0 Å². The summed E-state index contributed by atoms with van der Waals surface area (Å²) < 4.78 is 0. The van der Waals surface area contributed by atoms with Crippen LogP contribution in [-0.4, -0.2) is 93.2 Å². The standard InChI is InChI=1S/C39H48N8O4/c1-26-37(49)45-33(19-27-11-5-3-6-12-27)38(50)40-17-18-47(24-28-21-42-36(43-22-28)29-13-7-4-8-14-29)25-35(48)44-34(39(51)46(26)2)20-30-23-41-32-16-10-9-15-31(30)32/h3,5-6,9-12,15-16,21-23,26,29,33-34,41H,4,7-8,13-14,17-20,24-25H2,1-2H3,(H,40,50)(H,44,48)(H,45,49)/t26-,33-,34-/m0/s1. The second-order valence-corrected chi connectivity index (χ2v) is 13.8. The van der Waals surface area contributed by atoms with Gasteiger partial charge in [-0.3, -0.25) is 24.1 Å². The molecule has 4 N–H and O–H groups in total. The number of likely N-dealkylation sites (N-methyl/N-ethyl adjacent to an activating group) is 1. The molecule has 0 bridgehead atoms. The summed E-state index contributed by atoms with van der Waals surface area (Å²) >= 11 is 0. The fourth-order valence-corrected chi connectivity index (χ4v) is 7.08. The first-order valence-electron chi connectivity index (χ1n) is 18.0. The zero-order chi connectivity index (χ0) is 35.7. The summed E-state index contributed by atoms with van der Waals surface area (Å²) in [5.74, 6) is -0.319. The monoisotopic (exact) mass is 692 g/mol. The van der Waals surface area contributed by atoms with Gasteiger partial charge in [0.15, 0.2) is 0 Å². The number of nitrogens with one attached hydrogen (secondary N) is 4. The number of carbonyl (C=O) groups is 4. The first kappa shape index (κ1) is 35.7. The highest BCUT2D eigenvalue weighted by molar-refractivity contribution is 5.95. The van der Waals surface area contributed by atoms with Gasteiger partial charge in [0, 0.05) is 80.5 Å². The van der Waals surface area contributed by atoms with Crippen molar-refractivity contribution in [3.8, 4) is 0 Å². The molecule has 4 amide bonds. The minimum Gasteiger partial charge on any atom is -0.361 e. The molecule has 3 atom stereocenters. The van der Waals surface area contributed by atoms with E-state index in [-0.39, 0.29) is 37.7 Å². The van der Waals surface area contributed by atoms with Crippen molar-refractivity contribution in [2.75, 3.05) is 26.7 Å². The molecule has 1 saturated carbocycles. The van der Waals surface area contributed by atoms with Crippen LogP contribution < -0.4 is 16.0 Å². The molecule has 2 aromatic carbocycles. The number of rotatable bonds is 7. The van der Waals surface area contributed by atoms with E-state index in [9.17, 15) is 19.2 Å². The molecule has 2 aliphatic rings. The maximum Gasteiger partial charge on any atom is 0.245 e. The predicted molar refractivity (Wildman–Crippen MR) is 194 cm³/mol. The number of fused-ring (bicyclic) bond motifs is 1. The minimum atomic E-state index is -0.943. The van der Waals surface area contributed by atoms with Crippen LogP contribution in [-0.2, 0) is 38.6 Å². The number of carbonyl (C=O) groups excluding carboxylic acids is 4. The molecular formula is C39H48N8O4. The number of aromatic nitrogens is 3. The van der Waals surface area contributed by atoms with Crippen LogP contribution in [0.1, 0.15) is 67.5 Å². The molecule has 51 heavy (non-hydrogen) atoms. The van der Waals surface area contributed by atoms with E-state index in [1.165, 1.54) is 24.2 Å².